The molecule has 4 heterocycles. The molecule has 0 atom stereocenters. The highest BCUT2D eigenvalue weighted by Crippen LogP contribution is 2.38. The molecule has 0 radical (unpaired) electrons. The summed E-state index contributed by atoms with van der Waals surface area (Å²) < 4.78 is 6.43. The lowest BCUT2D eigenvalue weighted by Gasteiger charge is -2.09. The molecule has 0 saturated heterocycles. The highest BCUT2D eigenvalue weighted by Gasteiger charge is 2.23. The number of anilines is 1. The molecule has 0 bridgehead atoms. The van der Waals surface area contributed by atoms with Crippen molar-refractivity contribution in [3.63, 3.8) is 0 Å². The topological polar surface area (TPSA) is 90.3 Å². The lowest BCUT2D eigenvalue weighted by atomic mass is 10.1. The number of esters is 1. The van der Waals surface area contributed by atoms with Crippen LogP contribution in [0.5, 0.6) is 0 Å². The van der Waals surface area contributed by atoms with E-state index < -0.39 is 11.9 Å². The summed E-state index contributed by atoms with van der Waals surface area (Å²) in [6, 6.07) is 5.49. The van der Waals surface area contributed by atoms with Crippen LogP contribution in [0.1, 0.15) is 17.3 Å². The van der Waals surface area contributed by atoms with E-state index in [0.29, 0.717) is 20.8 Å². The molecule has 0 aliphatic rings. The Hall–Kier alpha value is -2.82. The molecule has 1 amide bonds. The molecule has 4 aromatic rings. The maximum atomic E-state index is 12.6. The maximum Gasteiger partial charge on any atom is 0.341 e. The molecule has 29 heavy (non-hydrogen) atoms. The van der Waals surface area contributed by atoms with Crippen molar-refractivity contribution in [1.29, 1.82) is 0 Å². The molecule has 4 aromatic heterocycles. The molecule has 10 heteroatoms. The summed E-state index contributed by atoms with van der Waals surface area (Å²) in [4.78, 5) is 43.3. The van der Waals surface area contributed by atoms with Crippen LogP contribution < -0.4 is 10.9 Å². The van der Waals surface area contributed by atoms with Crippen LogP contribution in [-0.2, 0) is 16.1 Å². The van der Waals surface area contributed by atoms with Crippen LogP contribution in [0, 0.1) is 0 Å². The van der Waals surface area contributed by atoms with Crippen LogP contribution in [0.2, 0.25) is 0 Å². The Bertz CT molecular complexity index is 1240. The number of aromatic nitrogens is 2. The first kappa shape index (κ1) is 19.5. The number of carbonyl (C=O) groups excluding carboxylic acids is 2. The van der Waals surface area contributed by atoms with E-state index in [1.807, 2.05) is 22.9 Å². The van der Waals surface area contributed by atoms with Gasteiger partial charge >= 0.3 is 5.97 Å². The molecule has 0 saturated carbocycles. The van der Waals surface area contributed by atoms with Gasteiger partial charge in [0, 0.05) is 15.8 Å². The fourth-order valence-corrected chi connectivity index (χ4v) is 5.31. The van der Waals surface area contributed by atoms with Gasteiger partial charge in [0.1, 0.15) is 21.9 Å². The van der Waals surface area contributed by atoms with Crippen molar-refractivity contribution >= 4 is 61.1 Å². The predicted octanol–water partition coefficient (Wildman–Crippen LogP) is 4.06. The third kappa shape index (κ3) is 3.86. The molecule has 0 fully saturated rings. The Morgan fingerprint density at radius 2 is 2.07 bits per heavy atom. The third-order valence-corrected chi connectivity index (χ3v) is 6.69. The smallest absolute Gasteiger partial charge is 0.341 e. The number of nitrogens with zero attached hydrogens (tertiary/aromatic N) is 2. The fraction of sp³-hybridized carbons (Fsp3) is 0.158. The Kier molecular flexibility index (Phi) is 5.56. The van der Waals surface area contributed by atoms with Gasteiger partial charge in [0.15, 0.2) is 0 Å². The number of hydrogen-bond donors (Lipinski definition) is 1. The minimum atomic E-state index is -0.494. The van der Waals surface area contributed by atoms with Gasteiger partial charge in [-0.25, -0.2) is 9.78 Å². The molecule has 0 spiro atoms. The third-order valence-electron chi connectivity index (χ3n) is 4.07. The highest BCUT2D eigenvalue weighted by atomic mass is 32.1. The Morgan fingerprint density at radius 1 is 1.21 bits per heavy atom. The second-order valence-corrected chi connectivity index (χ2v) is 8.64. The fourth-order valence-electron chi connectivity index (χ4n) is 2.80. The second kappa shape index (κ2) is 8.27. The van der Waals surface area contributed by atoms with Crippen LogP contribution in [0.3, 0.4) is 0 Å². The number of amides is 1. The average Bonchev–Trinajstić information content (AvgIpc) is 3.44. The molecular weight excluding hydrogens is 430 g/mol. The van der Waals surface area contributed by atoms with E-state index in [4.69, 9.17) is 4.74 Å². The molecule has 148 valence electrons. The van der Waals surface area contributed by atoms with Gasteiger partial charge in [-0.2, -0.15) is 0 Å². The predicted molar refractivity (Wildman–Crippen MR) is 116 cm³/mol. The van der Waals surface area contributed by atoms with Crippen molar-refractivity contribution in [2.45, 2.75) is 13.5 Å². The van der Waals surface area contributed by atoms with Crippen LogP contribution in [-0.4, -0.2) is 28.0 Å². The molecule has 7 nitrogen and oxygen atoms in total. The van der Waals surface area contributed by atoms with Gasteiger partial charge in [-0.15, -0.1) is 34.0 Å². The lowest BCUT2D eigenvalue weighted by Crippen LogP contribution is -2.27. The van der Waals surface area contributed by atoms with Gasteiger partial charge in [-0.1, -0.05) is 6.07 Å². The van der Waals surface area contributed by atoms with E-state index in [1.165, 1.54) is 44.9 Å². The van der Waals surface area contributed by atoms with Gasteiger partial charge in [0.05, 0.1) is 18.3 Å². The summed E-state index contributed by atoms with van der Waals surface area (Å²) in [5.41, 5.74) is 0.770. The van der Waals surface area contributed by atoms with Crippen molar-refractivity contribution < 1.29 is 14.3 Å². The van der Waals surface area contributed by atoms with Crippen molar-refractivity contribution in [3.8, 4) is 10.4 Å². The number of ether oxygens (including phenoxy) is 1. The van der Waals surface area contributed by atoms with Gasteiger partial charge in [0.2, 0.25) is 5.91 Å². The molecule has 0 unspecified atom stereocenters. The highest BCUT2D eigenvalue weighted by molar-refractivity contribution is 7.17. The average molecular weight is 446 g/mol. The monoisotopic (exact) mass is 445 g/mol. The zero-order chi connectivity index (χ0) is 20.4. The SMILES string of the molecule is CCOC(=O)c1c(-c2cccs2)csc1NC(=O)Cn1cnc2sccc2c1=O. The molecule has 4 rings (SSSR count). The van der Waals surface area contributed by atoms with Crippen LogP contribution in [0.4, 0.5) is 5.00 Å². The minimum absolute atomic E-state index is 0.202. The van der Waals surface area contributed by atoms with E-state index in [1.54, 1.807) is 18.4 Å². The van der Waals surface area contributed by atoms with Gasteiger partial charge in [-0.3, -0.25) is 14.2 Å². The Balaban J connectivity index is 1.61. The summed E-state index contributed by atoms with van der Waals surface area (Å²) in [6.07, 6.45) is 1.36. The first-order valence-electron chi connectivity index (χ1n) is 8.63. The summed E-state index contributed by atoms with van der Waals surface area (Å²) >= 11 is 4.12. The summed E-state index contributed by atoms with van der Waals surface area (Å²) in [6.45, 7) is 1.76. The zero-order valence-corrected chi connectivity index (χ0v) is 17.7. The first-order valence-corrected chi connectivity index (χ1v) is 11.3. The van der Waals surface area contributed by atoms with Gasteiger partial charge < -0.3 is 10.1 Å². The minimum Gasteiger partial charge on any atom is -0.462 e. The normalized spacial score (nSPS) is 10.9. The number of rotatable bonds is 6. The number of thiophene rings is 3. The van der Waals surface area contributed by atoms with Gasteiger partial charge in [0.25, 0.3) is 5.56 Å². The number of nitrogens with one attached hydrogen (secondary N) is 1. The molecule has 0 aromatic carbocycles. The van der Waals surface area contributed by atoms with E-state index in [9.17, 15) is 14.4 Å². The van der Waals surface area contributed by atoms with Crippen molar-refractivity contribution in [2.75, 3.05) is 11.9 Å². The van der Waals surface area contributed by atoms with Gasteiger partial charge in [-0.05, 0) is 29.8 Å². The molecule has 1 N–H and O–H groups in total. The van der Waals surface area contributed by atoms with Crippen molar-refractivity contribution in [1.82, 2.24) is 9.55 Å². The second-order valence-electron chi connectivity index (χ2n) is 5.92. The number of hydrogen-bond acceptors (Lipinski definition) is 8. The van der Waals surface area contributed by atoms with Crippen molar-refractivity contribution in [2.24, 2.45) is 0 Å². The molecular formula is C19H15N3O4S3. The lowest BCUT2D eigenvalue weighted by molar-refractivity contribution is -0.116. The quantitative estimate of drug-likeness (QED) is 0.452. The number of carbonyl (C=O) groups is 2. The summed E-state index contributed by atoms with van der Waals surface area (Å²) in [7, 11) is 0. The zero-order valence-electron chi connectivity index (χ0n) is 15.2. The van der Waals surface area contributed by atoms with Crippen LogP contribution in [0.25, 0.3) is 20.7 Å². The Morgan fingerprint density at radius 3 is 2.83 bits per heavy atom. The largest absolute Gasteiger partial charge is 0.462 e. The Labute approximate surface area is 177 Å². The van der Waals surface area contributed by atoms with Crippen molar-refractivity contribution in [3.05, 3.63) is 56.6 Å². The van der Waals surface area contributed by atoms with E-state index in [2.05, 4.69) is 10.3 Å². The summed E-state index contributed by atoms with van der Waals surface area (Å²) in [5, 5.41) is 9.15. The standard InChI is InChI=1S/C19H15N3O4S3/c1-2-26-19(25)15-12(13-4-3-6-27-13)9-29-17(15)21-14(23)8-22-10-20-16-11(18(22)24)5-7-28-16/h3-7,9-10H,2,8H2,1H3,(H,21,23). The summed E-state index contributed by atoms with van der Waals surface area (Å²) in [5.74, 6) is -0.917. The van der Waals surface area contributed by atoms with E-state index >= 15 is 0 Å². The molecule has 0 aliphatic carbocycles. The van der Waals surface area contributed by atoms with Crippen LogP contribution in [0.15, 0.2) is 45.5 Å². The van der Waals surface area contributed by atoms with E-state index in [-0.39, 0.29) is 18.7 Å². The van der Waals surface area contributed by atoms with Crippen LogP contribution >= 0.6 is 34.0 Å². The van der Waals surface area contributed by atoms with E-state index in [0.717, 1.165) is 10.4 Å². The first-order chi connectivity index (χ1) is 14.1. The molecule has 0 aliphatic heterocycles. The number of fused-ring (bicyclic) bond motifs is 1. The maximum absolute atomic E-state index is 12.6.